The summed E-state index contributed by atoms with van der Waals surface area (Å²) in [7, 11) is 6.78. The Morgan fingerprint density at radius 3 is 2.44 bits per heavy atom. The maximum absolute atomic E-state index is 14.4. The number of imidazole rings is 1. The highest BCUT2D eigenvalue weighted by Crippen LogP contribution is 2.36. The minimum absolute atomic E-state index is 0.0423. The summed E-state index contributed by atoms with van der Waals surface area (Å²) in [5.41, 5.74) is 3.48. The van der Waals surface area contributed by atoms with Gasteiger partial charge in [-0.1, -0.05) is 12.1 Å². The van der Waals surface area contributed by atoms with Gasteiger partial charge in [0.1, 0.15) is 34.5 Å². The molecule has 0 saturated carbocycles. The smallest absolute Gasteiger partial charge is 0.259 e. The number of hydrogen-bond acceptors (Lipinski definition) is 11. The van der Waals surface area contributed by atoms with Crippen molar-refractivity contribution < 1.29 is 27.5 Å². The SMILES string of the molecule is COc1cc(-c2nnc(CN(C)C)o2)ccc1Nc1nccc(-c2c(-c3ccc(OC)c(C(=O)Nc4c(F)cccc4F)c3)nc3ccccn23)n1. The lowest BCUT2D eigenvalue weighted by Gasteiger charge is -2.13. The van der Waals surface area contributed by atoms with Crippen LogP contribution in [-0.4, -0.2) is 68.7 Å². The predicted octanol–water partition coefficient (Wildman–Crippen LogP) is 6.86. The number of pyridine rings is 1. The third-order valence-electron chi connectivity index (χ3n) is 7.96. The molecule has 52 heavy (non-hydrogen) atoms. The predicted molar refractivity (Wildman–Crippen MR) is 189 cm³/mol. The molecule has 0 saturated heterocycles. The molecule has 3 aromatic carbocycles. The Hall–Kier alpha value is -6.74. The average Bonchev–Trinajstić information content (AvgIpc) is 3.78. The van der Waals surface area contributed by atoms with Crippen molar-refractivity contribution >= 4 is 28.9 Å². The van der Waals surface area contributed by atoms with E-state index in [0.29, 0.717) is 63.6 Å². The zero-order valence-corrected chi connectivity index (χ0v) is 28.4. The number of carbonyl (C=O) groups is 1. The molecule has 4 aromatic heterocycles. The lowest BCUT2D eigenvalue weighted by molar-refractivity contribution is 0.102. The van der Waals surface area contributed by atoms with Crippen molar-refractivity contribution in [2.24, 2.45) is 0 Å². The molecule has 4 heterocycles. The molecule has 0 fully saturated rings. The van der Waals surface area contributed by atoms with Crippen LogP contribution in [0.4, 0.5) is 26.1 Å². The molecule has 0 unspecified atom stereocenters. The molecule has 0 aliphatic carbocycles. The number of nitrogens with one attached hydrogen (secondary N) is 2. The molecule has 262 valence electrons. The summed E-state index contributed by atoms with van der Waals surface area (Å²) in [5, 5.41) is 13.8. The summed E-state index contributed by atoms with van der Waals surface area (Å²) in [6, 6.07) is 20.9. The van der Waals surface area contributed by atoms with Gasteiger partial charge in [0.2, 0.25) is 17.7 Å². The number of hydrogen-bond donors (Lipinski definition) is 2. The maximum Gasteiger partial charge on any atom is 0.259 e. The van der Waals surface area contributed by atoms with Gasteiger partial charge >= 0.3 is 0 Å². The first-order valence-corrected chi connectivity index (χ1v) is 15.9. The first kappa shape index (κ1) is 33.7. The van der Waals surface area contributed by atoms with Crippen LogP contribution in [0.5, 0.6) is 11.5 Å². The minimum atomic E-state index is -0.908. The van der Waals surface area contributed by atoms with Crippen molar-refractivity contribution in [2.45, 2.75) is 6.54 Å². The molecule has 13 nitrogen and oxygen atoms in total. The number of rotatable bonds is 11. The molecular weight excluding hydrogens is 672 g/mol. The Morgan fingerprint density at radius 2 is 1.67 bits per heavy atom. The summed E-state index contributed by atoms with van der Waals surface area (Å²) in [6.07, 6.45) is 3.45. The largest absolute Gasteiger partial charge is 0.496 e. The van der Waals surface area contributed by atoms with Crippen LogP contribution in [0.1, 0.15) is 16.2 Å². The fraction of sp³-hybridized carbons (Fsp3) is 0.135. The van der Waals surface area contributed by atoms with Crippen molar-refractivity contribution in [1.82, 2.24) is 34.4 Å². The van der Waals surface area contributed by atoms with E-state index in [4.69, 9.17) is 23.9 Å². The molecule has 0 radical (unpaired) electrons. The molecular formula is C37H31F2N9O4. The number of benzene rings is 3. The number of fused-ring (bicyclic) bond motifs is 1. The summed E-state index contributed by atoms with van der Waals surface area (Å²) in [6.45, 7) is 0.511. The van der Waals surface area contributed by atoms with E-state index in [1.165, 1.54) is 13.2 Å². The van der Waals surface area contributed by atoms with E-state index in [1.54, 1.807) is 49.7 Å². The second-order valence-electron chi connectivity index (χ2n) is 11.7. The maximum atomic E-state index is 14.4. The van der Waals surface area contributed by atoms with E-state index in [2.05, 4.69) is 25.8 Å². The lowest BCUT2D eigenvalue weighted by Crippen LogP contribution is -2.15. The van der Waals surface area contributed by atoms with Gasteiger partial charge in [0.25, 0.3) is 5.91 Å². The molecule has 0 bridgehead atoms. The molecule has 15 heteroatoms. The number of nitrogens with zero attached hydrogens (tertiary/aromatic N) is 7. The third kappa shape index (κ3) is 6.72. The van der Waals surface area contributed by atoms with E-state index in [9.17, 15) is 13.6 Å². The molecule has 2 N–H and O–H groups in total. The Kier molecular flexibility index (Phi) is 9.24. The van der Waals surface area contributed by atoms with Gasteiger partial charge in [-0.25, -0.2) is 23.7 Å². The van der Waals surface area contributed by atoms with Gasteiger partial charge in [0, 0.05) is 23.5 Å². The standard InChI is InChI=1S/C37H31F2N9O4/c1-47(2)20-31-45-46-36(52-31)22-11-13-26(29(19-22)51-4)41-37-40-16-15-27(42-37)34-32(43-30-10-5-6-17-48(30)34)21-12-14-28(50-3)23(18-21)35(49)44-33-24(38)8-7-9-25(33)39/h5-19H,20H2,1-4H3,(H,44,49)(H,40,41,42). The number of ether oxygens (including phenoxy) is 2. The highest BCUT2D eigenvalue weighted by molar-refractivity contribution is 6.07. The molecule has 7 aromatic rings. The van der Waals surface area contributed by atoms with Gasteiger partial charge in [-0.3, -0.25) is 9.20 Å². The van der Waals surface area contributed by atoms with Gasteiger partial charge < -0.3 is 29.4 Å². The summed E-state index contributed by atoms with van der Waals surface area (Å²) < 4.78 is 47.6. The van der Waals surface area contributed by atoms with E-state index in [0.717, 1.165) is 12.1 Å². The van der Waals surface area contributed by atoms with Crippen LogP contribution in [0.25, 0.3) is 39.7 Å². The fourth-order valence-electron chi connectivity index (χ4n) is 5.58. The van der Waals surface area contributed by atoms with Crippen LogP contribution in [0, 0.1) is 11.6 Å². The van der Waals surface area contributed by atoms with Gasteiger partial charge in [-0.15, -0.1) is 10.2 Å². The first-order chi connectivity index (χ1) is 25.2. The van der Waals surface area contributed by atoms with Gasteiger partial charge in [-0.2, -0.15) is 0 Å². The van der Waals surface area contributed by atoms with E-state index in [1.807, 2.05) is 53.9 Å². The Balaban J connectivity index is 1.24. The Labute approximate surface area is 295 Å². The molecule has 0 atom stereocenters. The minimum Gasteiger partial charge on any atom is -0.496 e. The molecule has 0 spiro atoms. The lowest BCUT2D eigenvalue weighted by atomic mass is 10.0. The van der Waals surface area contributed by atoms with Crippen LogP contribution in [0.2, 0.25) is 0 Å². The van der Waals surface area contributed by atoms with Crippen LogP contribution in [0.3, 0.4) is 0 Å². The molecule has 0 aliphatic rings. The number of methoxy groups -OCH3 is 2. The second kappa shape index (κ2) is 14.2. The summed E-state index contributed by atoms with van der Waals surface area (Å²) >= 11 is 0. The second-order valence-corrected chi connectivity index (χ2v) is 11.7. The monoisotopic (exact) mass is 703 g/mol. The summed E-state index contributed by atoms with van der Waals surface area (Å²) in [4.78, 5) is 29.5. The topological polar surface area (TPSA) is 145 Å². The molecule has 0 aliphatic heterocycles. The fourth-order valence-corrected chi connectivity index (χ4v) is 5.58. The Bertz CT molecular complexity index is 2410. The number of halogens is 2. The number of para-hydroxylation sites is 1. The van der Waals surface area contributed by atoms with Crippen molar-refractivity contribution in [3.05, 3.63) is 114 Å². The Morgan fingerprint density at radius 1 is 0.885 bits per heavy atom. The first-order valence-electron chi connectivity index (χ1n) is 15.9. The van der Waals surface area contributed by atoms with Crippen LogP contribution >= 0.6 is 0 Å². The molecule has 7 rings (SSSR count). The van der Waals surface area contributed by atoms with E-state index >= 15 is 0 Å². The van der Waals surface area contributed by atoms with Crippen LogP contribution < -0.4 is 20.1 Å². The van der Waals surface area contributed by atoms with E-state index in [-0.39, 0.29) is 17.3 Å². The van der Waals surface area contributed by atoms with Gasteiger partial charge in [0.05, 0.1) is 49.1 Å². The zero-order chi connectivity index (χ0) is 36.4. The van der Waals surface area contributed by atoms with Gasteiger partial charge in [0.15, 0.2) is 0 Å². The highest BCUT2D eigenvalue weighted by atomic mass is 19.1. The number of carbonyl (C=O) groups excluding carboxylic acids is 1. The number of aromatic nitrogens is 6. The molecule has 1 amide bonds. The van der Waals surface area contributed by atoms with Crippen LogP contribution in [0.15, 0.2) is 95.7 Å². The van der Waals surface area contributed by atoms with Crippen LogP contribution in [-0.2, 0) is 6.54 Å². The summed E-state index contributed by atoms with van der Waals surface area (Å²) in [5.74, 6) is -0.770. The van der Waals surface area contributed by atoms with Gasteiger partial charge in [-0.05, 0) is 80.8 Å². The van der Waals surface area contributed by atoms with Crippen molar-refractivity contribution in [3.63, 3.8) is 0 Å². The van der Waals surface area contributed by atoms with Crippen molar-refractivity contribution in [3.8, 4) is 45.6 Å². The zero-order valence-electron chi connectivity index (χ0n) is 28.4. The normalized spacial score (nSPS) is 11.2. The quantitative estimate of drug-likeness (QED) is 0.146. The van der Waals surface area contributed by atoms with Crippen molar-refractivity contribution in [2.75, 3.05) is 38.9 Å². The average molecular weight is 704 g/mol. The number of anilines is 3. The third-order valence-corrected chi connectivity index (χ3v) is 7.96. The highest BCUT2D eigenvalue weighted by Gasteiger charge is 2.23. The van der Waals surface area contributed by atoms with Crippen molar-refractivity contribution in [1.29, 1.82) is 0 Å². The number of amides is 1. The van der Waals surface area contributed by atoms with E-state index < -0.39 is 23.2 Å².